The van der Waals surface area contributed by atoms with Gasteiger partial charge >= 0.3 is 0 Å². The predicted molar refractivity (Wildman–Crippen MR) is 161 cm³/mol. The second kappa shape index (κ2) is 9.72. The number of anilines is 3. The molecule has 3 aromatic carbocycles. The molecule has 0 spiro atoms. The highest BCUT2D eigenvalue weighted by molar-refractivity contribution is 7.16. The lowest BCUT2D eigenvalue weighted by Gasteiger charge is -2.28. The van der Waals surface area contributed by atoms with E-state index in [9.17, 15) is 0 Å². The molecule has 5 aromatic rings. The summed E-state index contributed by atoms with van der Waals surface area (Å²) in [4.78, 5) is 12.8. The van der Waals surface area contributed by atoms with Crippen LogP contribution in [0.3, 0.4) is 0 Å². The van der Waals surface area contributed by atoms with Crippen molar-refractivity contribution in [2.24, 2.45) is 0 Å². The van der Waals surface area contributed by atoms with E-state index in [0.717, 1.165) is 27.6 Å². The fourth-order valence-corrected chi connectivity index (χ4v) is 6.49. The summed E-state index contributed by atoms with van der Waals surface area (Å²) in [7, 11) is 0. The topological polar surface area (TPSA) is 44.3 Å². The lowest BCUT2D eigenvalue weighted by Crippen LogP contribution is -2.17. The molecule has 0 radical (unpaired) electrons. The Kier molecular flexibility index (Phi) is 6.08. The largest absolute Gasteiger partial charge is 0.308 e. The molecule has 0 atom stereocenters. The monoisotopic (exact) mass is 520 g/mol. The number of thiophene rings is 1. The lowest BCUT2D eigenvalue weighted by atomic mass is 9.83. The molecule has 39 heavy (non-hydrogen) atoms. The van der Waals surface area contributed by atoms with Crippen molar-refractivity contribution in [1.29, 1.82) is 5.26 Å². The fraction of sp³-hybridized carbons (Fsp3) is 0.0882. The molecular weight excluding hydrogens is 496 g/mol. The Morgan fingerprint density at radius 3 is 2.54 bits per heavy atom. The van der Waals surface area contributed by atoms with Crippen LogP contribution in [0.5, 0.6) is 0 Å². The van der Waals surface area contributed by atoms with E-state index in [1.165, 1.54) is 26.8 Å². The van der Waals surface area contributed by atoms with Crippen LogP contribution in [-0.2, 0) is 5.41 Å². The molecule has 1 aliphatic carbocycles. The second-order valence-corrected chi connectivity index (χ2v) is 11.0. The number of aromatic nitrogens is 1. The summed E-state index contributed by atoms with van der Waals surface area (Å²) in [6.07, 6.45) is 7.25. The normalized spacial score (nSPS) is 13.6. The summed E-state index contributed by atoms with van der Waals surface area (Å²) < 4.78 is 0. The van der Waals surface area contributed by atoms with Gasteiger partial charge < -0.3 is 4.90 Å². The van der Waals surface area contributed by atoms with Gasteiger partial charge in [0, 0.05) is 21.4 Å². The summed E-state index contributed by atoms with van der Waals surface area (Å²) in [5.41, 5.74) is 6.54. The quantitative estimate of drug-likeness (QED) is 0.132. The van der Waals surface area contributed by atoms with E-state index >= 15 is 0 Å². The van der Waals surface area contributed by atoms with Crippen molar-refractivity contribution in [3.8, 4) is 16.6 Å². The summed E-state index contributed by atoms with van der Waals surface area (Å²) in [6, 6.07) is 31.7. The first kappa shape index (κ1) is 24.4. The molecule has 0 saturated carbocycles. The molecule has 0 N–H and O–H groups in total. The number of allylic oxidation sites excluding steroid dienone is 3. The van der Waals surface area contributed by atoms with Gasteiger partial charge in [-0.05, 0) is 59.0 Å². The van der Waals surface area contributed by atoms with Crippen molar-refractivity contribution in [3.05, 3.63) is 136 Å². The molecule has 4 nitrogen and oxygen atoms in total. The molecule has 6 rings (SSSR count). The molecule has 2 heterocycles. The van der Waals surface area contributed by atoms with Crippen LogP contribution in [0, 0.1) is 17.9 Å². The van der Waals surface area contributed by atoms with Crippen LogP contribution in [0.2, 0.25) is 0 Å². The number of hydrogen-bond donors (Lipinski definition) is 0. The standard InChI is InChI=1S/C34H24N4S/c1-34(2)29-19-26(22-37-32(29)33-30(34)20-27(39-33)16-10-13-24(21-35)36-3)38(25-14-5-4-6-15-25)31-18-9-12-23-11-7-8-17-28(23)31/h4-20,22H,1-2H3/b16-10+,24-13-. The number of benzene rings is 3. The van der Waals surface area contributed by atoms with Crippen molar-refractivity contribution in [2.45, 2.75) is 19.3 Å². The van der Waals surface area contributed by atoms with Crippen LogP contribution in [0.4, 0.5) is 17.1 Å². The van der Waals surface area contributed by atoms with Gasteiger partial charge in [0.05, 0.1) is 40.8 Å². The van der Waals surface area contributed by atoms with Gasteiger partial charge in [-0.15, -0.1) is 11.3 Å². The van der Waals surface area contributed by atoms with E-state index in [-0.39, 0.29) is 11.1 Å². The third-order valence-electron chi connectivity index (χ3n) is 7.22. The molecule has 0 bridgehead atoms. The minimum absolute atomic E-state index is 0.0735. The van der Waals surface area contributed by atoms with E-state index in [1.54, 1.807) is 23.5 Å². The number of hydrogen-bond acceptors (Lipinski definition) is 4. The highest BCUT2D eigenvalue weighted by Gasteiger charge is 2.39. The number of para-hydroxylation sites is 1. The van der Waals surface area contributed by atoms with Crippen molar-refractivity contribution in [3.63, 3.8) is 0 Å². The van der Waals surface area contributed by atoms with Crippen LogP contribution >= 0.6 is 11.3 Å². The molecule has 0 unspecified atom stereocenters. The average molecular weight is 521 g/mol. The zero-order valence-corrected chi connectivity index (χ0v) is 22.4. The zero-order valence-electron chi connectivity index (χ0n) is 21.6. The van der Waals surface area contributed by atoms with Crippen LogP contribution in [0.1, 0.15) is 29.9 Å². The molecule has 186 valence electrons. The summed E-state index contributed by atoms with van der Waals surface area (Å²) in [6.45, 7) is 11.5. The van der Waals surface area contributed by atoms with Crippen LogP contribution in [-0.4, -0.2) is 4.98 Å². The summed E-state index contributed by atoms with van der Waals surface area (Å²) >= 11 is 1.69. The number of nitriles is 1. The molecular formula is C34H24N4S. The van der Waals surface area contributed by atoms with Gasteiger partial charge in [-0.25, -0.2) is 10.1 Å². The van der Waals surface area contributed by atoms with Crippen molar-refractivity contribution >= 4 is 45.2 Å². The Balaban J connectivity index is 1.46. The van der Waals surface area contributed by atoms with E-state index in [2.05, 4.69) is 102 Å². The number of nitrogens with zero attached hydrogens (tertiary/aromatic N) is 4. The minimum atomic E-state index is -0.221. The SMILES string of the molecule is [C-]#[N+]/C(C#N)=C\C=C\c1cc2c(s1)-c1ncc(N(c3ccccc3)c3cccc4ccccc34)cc1C2(C)C. The van der Waals surface area contributed by atoms with Gasteiger partial charge in [0.25, 0.3) is 5.70 Å². The molecule has 0 aliphatic heterocycles. The van der Waals surface area contributed by atoms with Gasteiger partial charge in [-0.2, -0.15) is 0 Å². The Bertz CT molecular complexity index is 1840. The smallest absolute Gasteiger partial charge is 0.261 e. The maximum Gasteiger partial charge on any atom is 0.261 e. The second-order valence-electron chi connectivity index (χ2n) is 9.91. The third-order valence-corrected chi connectivity index (χ3v) is 8.32. The van der Waals surface area contributed by atoms with Gasteiger partial charge in [0.2, 0.25) is 0 Å². The molecule has 0 saturated heterocycles. The Hall–Kier alpha value is -4.97. The molecule has 0 amide bonds. The first-order chi connectivity index (χ1) is 19.0. The molecule has 2 aromatic heterocycles. The predicted octanol–water partition coefficient (Wildman–Crippen LogP) is 9.41. The Morgan fingerprint density at radius 1 is 0.974 bits per heavy atom. The van der Waals surface area contributed by atoms with E-state index in [0.29, 0.717) is 0 Å². The third kappa shape index (κ3) is 4.20. The van der Waals surface area contributed by atoms with Gasteiger partial charge in [-0.3, -0.25) is 4.98 Å². The fourth-order valence-electron chi connectivity index (χ4n) is 5.25. The van der Waals surface area contributed by atoms with E-state index in [4.69, 9.17) is 16.8 Å². The summed E-state index contributed by atoms with van der Waals surface area (Å²) in [5.74, 6) is 0. The van der Waals surface area contributed by atoms with Crippen molar-refractivity contribution in [2.75, 3.05) is 4.90 Å². The molecule has 0 fully saturated rings. The van der Waals surface area contributed by atoms with E-state index < -0.39 is 0 Å². The highest BCUT2D eigenvalue weighted by Crippen LogP contribution is 2.53. The maximum atomic E-state index is 8.98. The Labute approximate surface area is 232 Å². The molecule has 5 heteroatoms. The van der Waals surface area contributed by atoms with Gasteiger partial charge in [0.15, 0.2) is 0 Å². The van der Waals surface area contributed by atoms with Crippen LogP contribution in [0.25, 0.3) is 32.3 Å². The van der Waals surface area contributed by atoms with Gasteiger partial charge in [-0.1, -0.05) is 74.5 Å². The number of fused-ring (bicyclic) bond motifs is 4. The number of rotatable bonds is 5. The van der Waals surface area contributed by atoms with E-state index in [1.807, 2.05) is 24.4 Å². The van der Waals surface area contributed by atoms with Gasteiger partial charge in [0.1, 0.15) is 0 Å². The zero-order chi connectivity index (χ0) is 27.0. The first-order valence-electron chi connectivity index (χ1n) is 12.7. The minimum Gasteiger partial charge on any atom is -0.308 e. The average Bonchev–Trinajstić information content (AvgIpc) is 3.49. The number of pyridine rings is 1. The molecule has 1 aliphatic rings. The highest BCUT2D eigenvalue weighted by atomic mass is 32.1. The maximum absolute atomic E-state index is 8.98. The summed E-state index contributed by atoms with van der Waals surface area (Å²) in [5, 5.41) is 11.4. The first-order valence-corrected chi connectivity index (χ1v) is 13.5. The van der Waals surface area contributed by atoms with Crippen molar-refractivity contribution in [1.82, 2.24) is 4.98 Å². The Morgan fingerprint density at radius 2 is 1.74 bits per heavy atom. The van der Waals surface area contributed by atoms with Crippen LogP contribution in [0.15, 0.2) is 109 Å². The lowest BCUT2D eigenvalue weighted by molar-refractivity contribution is 0.660. The van der Waals surface area contributed by atoms with Crippen molar-refractivity contribution < 1.29 is 0 Å². The van der Waals surface area contributed by atoms with Crippen LogP contribution < -0.4 is 4.90 Å².